The Kier molecular flexibility index (Phi) is 7.30. The third kappa shape index (κ3) is 4.91. The molecule has 0 aliphatic carbocycles. The van der Waals surface area contributed by atoms with Crippen LogP contribution in [0.15, 0.2) is 30.3 Å². The van der Waals surface area contributed by atoms with E-state index in [1.807, 2.05) is 41.7 Å². The predicted molar refractivity (Wildman–Crippen MR) is 94.5 cm³/mol. The van der Waals surface area contributed by atoms with Gasteiger partial charge in [0.05, 0.1) is 18.8 Å². The second-order valence-corrected chi connectivity index (χ2v) is 8.12. The van der Waals surface area contributed by atoms with Gasteiger partial charge < -0.3 is 9.47 Å². The maximum Gasteiger partial charge on any atom is 0.320 e. The first-order valence-electron chi connectivity index (χ1n) is 7.60. The SMILES string of the molecule is COC(=O)C(C(=O)OC)[C@@H](CCc1ccccc1)C1SCCS1. The Labute approximate surface area is 145 Å². The fourth-order valence-electron chi connectivity index (χ4n) is 2.76. The highest BCUT2D eigenvalue weighted by atomic mass is 32.2. The van der Waals surface area contributed by atoms with Crippen LogP contribution in [0.2, 0.25) is 0 Å². The van der Waals surface area contributed by atoms with Crippen molar-refractivity contribution in [3.05, 3.63) is 35.9 Å². The molecule has 1 heterocycles. The summed E-state index contributed by atoms with van der Waals surface area (Å²) in [6, 6.07) is 10.1. The molecule has 4 nitrogen and oxygen atoms in total. The van der Waals surface area contributed by atoms with E-state index in [0.717, 1.165) is 24.3 Å². The average Bonchev–Trinajstić information content (AvgIpc) is 3.12. The fraction of sp³-hybridized carbons (Fsp3) is 0.529. The molecule has 0 radical (unpaired) electrons. The molecule has 0 amide bonds. The van der Waals surface area contributed by atoms with Gasteiger partial charge >= 0.3 is 11.9 Å². The van der Waals surface area contributed by atoms with Crippen molar-refractivity contribution >= 4 is 35.5 Å². The second kappa shape index (κ2) is 9.23. The first-order valence-corrected chi connectivity index (χ1v) is 9.70. The minimum atomic E-state index is -0.850. The van der Waals surface area contributed by atoms with Gasteiger partial charge in [-0.2, -0.15) is 0 Å². The highest BCUT2D eigenvalue weighted by Gasteiger charge is 2.42. The number of benzene rings is 1. The van der Waals surface area contributed by atoms with Gasteiger partial charge in [-0.15, -0.1) is 23.5 Å². The Morgan fingerprint density at radius 2 is 1.65 bits per heavy atom. The minimum absolute atomic E-state index is 0.0902. The van der Waals surface area contributed by atoms with Crippen LogP contribution < -0.4 is 0 Å². The van der Waals surface area contributed by atoms with Gasteiger partial charge in [0.1, 0.15) is 0 Å². The molecule has 0 unspecified atom stereocenters. The van der Waals surface area contributed by atoms with Crippen LogP contribution in [0.25, 0.3) is 0 Å². The van der Waals surface area contributed by atoms with Crippen molar-refractivity contribution in [3.8, 4) is 0 Å². The number of carbonyl (C=O) groups excluding carboxylic acids is 2. The summed E-state index contributed by atoms with van der Waals surface area (Å²) < 4.78 is 9.96. The molecule has 0 bridgehead atoms. The molecule has 23 heavy (non-hydrogen) atoms. The van der Waals surface area contributed by atoms with Crippen LogP contribution in [0.5, 0.6) is 0 Å². The maximum atomic E-state index is 12.2. The van der Waals surface area contributed by atoms with Crippen LogP contribution in [0.3, 0.4) is 0 Å². The molecule has 2 rings (SSSR count). The minimum Gasteiger partial charge on any atom is -0.468 e. The molecule has 0 N–H and O–H groups in total. The monoisotopic (exact) mass is 354 g/mol. The predicted octanol–water partition coefficient (Wildman–Crippen LogP) is 3.00. The van der Waals surface area contributed by atoms with E-state index in [1.165, 1.54) is 19.8 Å². The van der Waals surface area contributed by atoms with Crippen LogP contribution in [0, 0.1) is 11.8 Å². The number of aryl methyl sites for hydroxylation is 1. The molecule has 1 aromatic carbocycles. The zero-order valence-electron chi connectivity index (χ0n) is 13.4. The topological polar surface area (TPSA) is 52.6 Å². The van der Waals surface area contributed by atoms with E-state index in [2.05, 4.69) is 12.1 Å². The number of hydrogen-bond donors (Lipinski definition) is 0. The van der Waals surface area contributed by atoms with E-state index in [0.29, 0.717) is 0 Å². The van der Waals surface area contributed by atoms with Crippen LogP contribution in [0.4, 0.5) is 0 Å². The van der Waals surface area contributed by atoms with Crippen molar-refractivity contribution in [1.82, 2.24) is 0 Å². The fourth-order valence-corrected chi connectivity index (χ4v) is 6.04. The van der Waals surface area contributed by atoms with Gasteiger partial charge in [0.2, 0.25) is 0 Å². The Morgan fingerprint density at radius 3 is 2.17 bits per heavy atom. The van der Waals surface area contributed by atoms with Gasteiger partial charge in [-0.05, 0) is 18.4 Å². The summed E-state index contributed by atoms with van der Waals surface area (Å²) >= 11 is 3.63. The summed E-state index contributed by atoms with van der Waals surface area (Å²) in [4.78, 5) is 24.4. The van der Waals surface area contributed by atoms with Crippen LogP contribution >= 0.6 is 23.5 Å². The van der Waals surface area contributed by atoms with Gasteiger partial charge in [-0.25, -0.2) is 0 Å². The average molecular weight is 354 g/mol. The van der Waals surface area contributed by atoms with Crippen molar-refractivity contribution in [2.45, 2.75) is 17.4 Å². The van der Waals surface area contributed by atoms with E-state index in [1.54, 1.807) is 0 Å². The largest absolute Gasteiger partial charge is 0.468 e. The van der Waals surface area contributed by atoms with E-state index < -0.39 is 17.9 Å². The summed E-state index contributed by atoms with van der Waals surface area (Å²) in [6.07, 6.45) is 1.58. The van der Waals surface area contributed by atoms with E-state index >= 15 is 0 Å². The molecule has 126 valence electrons. The summed E-state index contributed by atoms with van der Waals surface area (Å²) in [5.41, 5.74) is 1.21. The maximum absolute atomic E-state index is 12.2. The molecule has 1 aromatic rings. The lowest BCUT2D eigenvalue weighted by molar-refractivity contribution is -0.161. The molecule has 0 spiro atoms. The molecule has 6 heteroatoms. The van der Waals surface area contributed by atoms with E-state index in [9.17, 15) is 9.59 Å². The summed E-state index contributed by atoms with van der Waals surface area (Å²) in [5, 5.41) is 0. The first-order chi connectivity index (χ1) is 11.2. The summed E-state index contributed by atoms with van der Waals surface area (Å²) in [6.45, 7) is 0. The smallest absolute Gasteiger partial charge is 0.320 e. The van der Waals surface area contributed by atoms with Gasteiger partial charge in [0, 0.05) is 17.4 Å². The molecule has 1 atom stereocenters. The number of rotatable bonds is 7. The van der Waals surface area contributed by atoms with E-state index in [4.69, 9.17) is 9.47 Å². The number of hydrogen-bond acceptors (Lipinski definition) is 6. The standard InChI is InChI=1S/C17H22O4S2/c1-20-15(18)14(16(19)21-2)13(17-22-10-11-23-17)9-8-12-6-4-3-5-7-12/h3-7,13-14,17H,8-11H2,1-2H3/t13-/m1/s1. The van der Waals surface area contributed by atoms with Crippen molar-refractivity contribution in [2.24, 2.45) is 11.8 Å². The zero-order chi connectivity index (χ0) is 16.7. The molecule has 1 aliphatic heterocycles. The van der Waals surface area contributed by atoms with Gasteiger partial charge in [-0.3, -0.25) is 9.59 Å². The summed E-state index contributed by atoms with van der Waals surface area (Å²) in [5.74, 6) is 0.161. The molecule has 0 aromatic heterocycles. The molecule has 1 saturated heterocycles. The van der Waals surface area contributed by atoms with Crippen LogP contribution in [-0.4, -0.2) is 42.2 Å². The first kappa shape index (κ1) is 18.2. The Balaban J connectivity index is 2.17. The highest BCUT2D eigenvalue weighted by molar-refractivity contribution is 8.20. The van der Waals surface area contributed by atoms with Crippen LogP contribution in [-0.2, 0) is 25.5 Å². The third-order valence-electron chi connectivity index (χ3n) is 3.94. The quantitative estimate of drug-likeness (QED) is 0.554. The number of methoxy groups -OCH3 is 2. The molecule has 1 aliphatic rings. The lowest BCUT2D eigenvalue weighted by atomic mass is 9.88. The van der Waals surface area contributed by atoms with Crippen molar-refractivity contribution in [1.29, 1.82) is 0 Å². The molecular formula is C17H22O4S2. The lowest BCUT2D eigenvalue weighted by Crippen LogP contribution is -2.37. The van der Waals surface area contributed by atoms with Crippen molar-refractivity contribution in [2.75, 3.05) is 25.7 Å². The highest BCUT2D eigenvalue weighted by Crippen LogP contribution is 2.42. The third-order valence-corrected chi connectivity index (χ3v) is 7.26. The number of carbonyl (C=O) groups is 2. The van der Waals surface area contributed by atoms with Crippen molar-refractivity contribution < 1.29 is 19.1 Å². The van der Waals surface area contributed by atoms with Gasteiger partial charge in [0.25, 0.3) is 0 Å². The summed E-state index contributed by atoms with van der Waals surface area (Å²) in [7, 11) is 2.64. The van der Waals surface area contributed by atoms with E-state index in [-0.39, 0.29) is 10.5 Å². The lowest BCUT2D eigenvalue weighted by Gasteiger charge is -2.27. The zero-order valence-corrected chi connectivity index (χ0v) is 15.0. The molecular weight excluding hydrogens is 332 g/mol. The molecule has 0 saturated carbocycles. The van der Waals surface area contributed by atoms with Crippen molar-refractivity contribution in [3.63, 3.8) is 0 Å². The Morgan fingerprint density at radius 1 is 1.09 bits per heavy atom. The normalized spacial score (nSPS) is 16.3. The molecule has 1 fully saturated rings. The van der Waals surface area contributed by atoms with Gasteiger partial charge in [0.15, 0.2) is 5.92 Å². The Bertz CT molecular complexity index is 499. The van der Waals surface area contributed by atoms with Gasteiger partial charge in [-0.1, -0.05) is 30.3 Å². The second-order valence-electron chi connectivity index (χ2n) is 5.32. The van der Waals surface area contributed by atoms with Crippen LogP contribution in [0.1, 0.15) is 12.0 Å². The number of thioether (sulfide) groups is 2. The number of esters is 2. The number of ether oxygens (including phenoxy) is 2. The Hall–Kier alpha value is -1.14.